The van der Waals surface area contributed by atoms with E-state index in [0.29, 0.717) is 42.9 Å². The topological polar surface area (TPSA) is 60.9 Å². The van der Waals surface area contributed by atoms with Gasteiger partial charge in [0.05, 0.1) is 11.1 Å². The predicted molar refractivity (Wildman–Crippen MR) is 105 cm³/mol. The Morgan fingerprint density at radius 3 is 1.96 bits per heavy atom. The van der Waals surface area contributed by atoms with Gasteiger partial charge in [0, 0.05) is 44.8 Å². The number of piperazine rings is 1. The van der Waals surface area contributed by atoms with Crippen molar-refractivity contribution in [3.8, 4) is 0 Å². The van der Waals surface area contributed by atoms with Crippen LogP contribution in [-0.4, -0.2) is 71.7 Å². The fraction of sp³-hybridized carbons (Fsp3) is 0.318. The Morgan fingerprint density at radius 2 is 1.39 bits per heavy atom. The fourth-order valence-corrected chi connectivity index (χ4v) is 3.74. The highest BCUT2D eigenvalue weighted by Crippen LogP contribution is 2.22. The molecular weight excluding hydrogens is 354 g/mol. The van der Waals surface area contributed by atoms with Gasteiger partial charge in [0.1, 0.15) is 0 Å². The van der Waals surface area contributed by atoms with E-state index >= 15 is 0 Å². The lowest BCUT2D eigenvalue weighted by atomic mass is 10.1. The van der Waals surface area contributed by atoms with E-state index in [9.17, 15) is 14.4 Å². The van der Waals surface area contributed by atoms with E-state index in [0.717, 1.165) is 18.7 Å². The molecule has 144 valence electrons. The number of fused-ring (bicyclic) bond motifs is 1. The van der Waals surface area contributed by atoms with Crippen LogP contribution in [0.15, 0.2) is 48.5 Å². The van der Waals surface area contributed by atoms with Crippen LogP contribution in [0.25, 0.3) is 0 Å². The lowest BCUT2D eigenvalue weighted by Gasteiger charge is -2.35. The fourth-order valence-electron chi connectivity index (χ4n) is 3.74. The molecule has 2 aromatic rings. The summed E-state index contributed by atoms with van der Waals surface area (Å²) in [6, 6.07) is 14.6. The van der Waals surface area contributed by atoms with Crippen LogP contribution in [0, 0.1) is 6.92 Å². The number of benzene rings is 2. The third-order valence-electron chi connectivity index (χ3n) is 5.48. The summed E-state index contributed by atoms with van der Waals surface area (Å²) in [5.74, 6) is -0.373. The van der Waals surface area contributed by atoms with Crippen LogP contribution in [0.3, 0.4) is 0 Å². The van der Waals surface area contributed by atoms with E-state index in [1.807, 2.05) is 36.1 Å². The second-order valence-corrected chi connectivity index (χ2v) is 7.31. The summed E-state index contributed by atoms with van der Waals surface area (Å²) in [7, 11) is 0. The number of imide groups is 1. The van der Waals surface area contributed by atoms with Gasteiger partial charge in [-0.3, -0.25) is 24.2 Å². The van der Waals surface area contributed by atoms with Gasteiger partial charge in [-0.15, -0.1) is 0 Å². The van der Waals surface area contributed by atoms with Crippen molar-refractivity contribution in [1.29, 1.82) is 0 Å². The molecule has 6 nitrogen and oxygen atoms in total. The second-order valence-electron chi connectivity index (χ2n) is 7.31. The molecule has 0 bridgehead atoms. The highest BCUT2D eigenvalue weighted by Gasteiger charge is 2.35. The summed E-state index contributed by atoms with van der Waals surface area (Å²) in [5, 5.41) is 0. The average molecular weight is 377 g/mol. The van der Waals surface area contributed by atoms with E-state index in [1.165, 1.54) is 4.90 Å². The molecule has 1 fully saturated rings. The minimum Gasteiger partial charge on any atom is -0.336 e. The molecule has 0 unspecified atom stereocenters. The number of rotatable bonds is 4. The quantitative estimate of drug-likeness (QED) is 0.765. The highest BCUT2D eigenvalue weighted by molar-refractivity contribution is 6.21. The molecule has 2 aromatic carbocycles. The van der Waals surface area contributed by atoms with Gasteiger partial charge in [0.2, 0.25) is 0 Å². The number of hydrogen-bond acceptors (Lipinski definition) is 4. The van der Waals surface area contributed by atoms with E-state index < -0.39 is 0 Å². The third kappa shape index (κ3) is 3.43. The van der Waals surface area contributed by atoms with Crippen molar-refractivity contribution >= 4 is 17.7 Å². The number of nitrogens with zero attached hydrogens (tertiary/aromatic N) is 3. The van der Waals surface area contributed by atoms with E-state index in [1.54, 1.807) is 24.3 Å². The van der Waals surface area contributed by atoms with Crippen LogP contribution in [-0.2, 0) is 0 Å². The van der Waals surface area contributed by atoms with Crippen molar-refractivity contribution in [2.75, 3.05) is 39.3 Å². The Bertz CT molecular complexity index is 880. The van der Waals surface area contributed by atoms with Crippen LogP contribution >= 0.6 is 0 Å². The van der Waals surface area contributed by atoms with Crippen molar-refractivity contribution in [2.24, 2.45) is 0 Å². The maximum atomic E-state index is 12.6. The van der Waals surface area contributed by atoms with Crippen LogP contribution in [0.2, 0.25) is 0 Å². The van der Waals surface area contributed by atoms with Crippen LogP contribution < -0.4 is 0 Å². The monoisotopic (exact) mass is 377 g/mol. The molecule has 1 saturated heterocycles. The Labute approximate surface area is 164 Å². The molecule has 3 amide bonds. The van der Waals surface area contributed by atoms with Crippen molar-refractivity contribution < 1.29 is 14.4 Å². The molecule has 0 spiro atoms. The minimum absolute atomic E-state index is 0.0556. The summed E-state index contributed by atoms with van der Waals surface area (Å²) < 4.78 is 0. The molecule has 2 aliphatic heterocycles. The predicted octanol–water partition coefficient (Wildman–Crippen LogP) is 2.05. The standard InChI is InChI=1S/C22H23N3O3/c1-16-6-8-17(9-7-16)20(26)24-13-10-23(11-14-24)12-15-25-21(27)18-4-2-3-5-19(18)22(25)28/h2-9H,10-15H2,1H3. The van der Waals surface area contributed by atoms with Gasteiger partial charge in [-0.25, -0.2) is 0 Å². The van der Waals surface area contributed by atoms with Crippen LogP contribution in [0.1, 0.15) is 36.6 Å². The molecule has 6 heteroatoms. The number of aryl methyl sites for hydroxylation is 1. The maximum Gasteiger partial charge on any atom is 0.261 e. The number of hydrogen-bond donors (Lipinski definition) is 0. The van der Waals surface area contributed by atoms with Crippen molar-refractivity contribution in [3.63, 3.8) is 0 Å². The van der Waals surface area contributed by atoms with Gasteiger partial charge in [-0.2, -0.15) is 0 Å². The lowest BCUT2D eigenvalue weighted by Crippen LogP contribution is -2.50. The lowest BCUT2D eigenvalue weighted by molar-refractivity contribution is 0.0578. The Morgan fingerprint density at radius 1 is 0.821 bits per heavy atom. The second kappa shape index (κ2) is 7.56. The Balaban J connectivity index is 1.30. The molecule has 2 aliphatic rings. The summed E-state index contributed by atoms with van der Waals surface area (Å²) in [4.78, 5) is 42.9. The first-order valence-electron chi connectivity index (χ1n) is 9.58. The van der Waals surface area contributed by atoms with E-state index in [-0.39, 0.29) is 17.7 Å². The van der Waals surface area contributed by atoms with Crippen LogP contribution in [0.5, 0.6) is 0 Å². The molecule has 2 heterocycles. The molecule has 0 aromatic heterocycles. The van der Waals surface area contributed by atoms with Gasteiger partial charge in [-0.1, -0.05) is 29.8 Å². The van der Waals surface area contributed by atoms with E-state index in [2.05, 4.69) is 4.90 Å². The smallest absolute Gasteiger partial charge is 0.261 e. The van der Waals surface area contributed by atoms with Crippen molar-refractivity contribution in [1.82, 2.24) is 14.7 Å². The van der Waals surface area contributed by atoms with Crippen LogP contribution in [0.4, 0.5) is 0 Å². The number of carbonyl (C=O) groups is 3. The SMILES string of the molecule is Cc1ccc(C(=O)N2CCN(CCN3C(=O)c4ccccc4C3=O)CC2)cc1. The molecule has 0 atom stereocenters. The summed E-state index contributed by atoms with van der Waals surface area (Å²) in [5.41, 5.74) is 2.82. The van der Waals surface area contributed by atoms with Gasteiger partial charge in [0.25, 0.3) is 17.7 Å². The molecule has 4 rings (SSSR count). The van der Waals surface area contributed by atoms with Gasteiger partial charge < -0.3 is 4.90 Å². The Hall–Kier alpha value is -2.99. The maximum absolute atomic E-state index is 12.6. The first-order chi connectivity index (χ1) is 13.5. The highest BCUT2D eigenvalue weighted by atomic mass is 16.2. The Kier molecular flexibility index (Phi) is 4.96. The zero-order valence-electron chi connectivity index (χ0n) is 15.9. The van der Waals surface area contributed by atoms with Gasteiger partial charge in [0.15, 0.2) is 0 Å². The molecule has 0 aliphatic carbocycles. The molecule has 0 N–H and O–H groups in total. The third-order valence-corrected chi connectivity index (χ3v) is 5.48. The average Bonchev–Trinajstić information content (AvgIpc) is 2.97. The van der Waals surface area contributed by atoms with E-state index in [4.69, 9.17) is 0 Å². The zero-order chi connectivity index (χ0) is 19.7. The van der Waals surface area contributed by atoms with Crippen molar-refractivity contribution in [3.05, 3.63) is 70.8 Å². The van der Waals surface area contributed by atoms with Crippen molar-refractivity contribution in [2.45, 2.75) is 6.92 Å². The minimum atomic E-state index is -0.214. The molecular formula is C22H23N3O3. The van der Waals surface area contributed by atoms with Gasteiger partial charge in [-0.05, 0) is 31.2 Å². The summed E-state index contributed by atoms with van der Waals surface area (Å²) in [6.07, 6.45) is 0. The largest absolute Gasteiger partial charge is 0.336 e. The molecule has 0 radical (unpaired) electrons. The zero-order valence-corrected chi connectivity index (χ0v) is 15.9. The first-order valence-corrected chi connectivity index (χ1v) is 9.58. The number of carbonyl (C=O) groups excluding carboxylic acids is 3. The summed E-state index contributed by atoms with van der Waals surface area (Å²) >= 11 is 0. The first kappa shape index (κ1) is 18.4. The number of amides is 3. The molecule has 0 saturated carbocycles. The normalized spacial score (nSPS) is 17.2. The summed E-state index contributed by atoms with van der Waals surface area (Å²) in [6.45, 7) is 5.77. The molecule has 28 heavy (non-hydrogen) atoms. The van der Waals surface area contributed by atoms with Gasteiger partial charge >= 0.3 is 0 Å².